The van der Waals surface area contributed by atoms with Gasteiger partial charge < -0.3 is 16.0 Å². The molecule has 0 aliphatic heterocycles. The molecule has 38 heavy (non-hydrogen) atoms. The maximum atomic E-state index is 13.2. The van der Waals surface area contributed by atoms with Gasteiger partial charge in [-0.15, -0.1) is 0 Å². The number of benzene rings is 4. The molecule has 0 spiro atoms. The second-order valence-electron chi connectivity index (χ2n) is 8.31. The van der Waals surface area contributed by atoms with E-state index in [2.05, 4.69) is 16.0 Å². The van der Waals surface area contributed by atoms with E-state index in [1.807, 2.05) is 60.7 Å². The van der Waals surface area contributed by atoms with Crippen LogP contribution in [-0.2, 0) is 11.0 Å². The van der Waals surface area contributed by atoms with E-state index >= 15 is 0 Å². The lowest BCUT2D eigenvalue weighted by molar-refractivity contribution is -0.137. The minimum atomic E-state index is -4.51. The third kappa shape index (κ3) is 6.83. The summed E-state index contributed by atoms with van der Waals surface area (Å²) in [6.07, 6.45) is -4.51. The first-order valence-corrected chi connectivity index (χ1v) is 11.9. The number of halogens is 3. The van der Waals surface area contributed by atoms with E-state index in [1.165, 1.54) is 24.3 Å². The number of carbonyl (C=O) groups is 2. The molecule has 4 aromatic carbocycles. The lowest BCUT2D eigenvalue weighted by Crippen LogP contribution is -2.37. The number of carbonyl (C=O) groups excluding carboxylic acids is 2. The van der Waals surface area contributed by atoms with E-state index in [9.17, 15) is 22.8 Å². The van der Waals surface area contributed by atoms with Crippen LogP contribution in [0.4, 0.5) is 24.5 Å². The summed E-state index contributed by atoms with van der Waals surface area (Å²) in [6.45, 7) is 0. The van der Waals surface area contributed by atoms with Crippen molar-refractivity contribution in [3.63, 3.8) is 0 Å². The van der Waals surface area contributed by atoms with Gasteiger partial charge in [0.15, 0.2) is 5.11 Å². The Hall–Kier alpha value is -4.50. The lowest BCUT2D eigenvalue weighted by atomic mass is 9.90. The smallest absolute Gasteiger partial charge is 0.332 e. The van der Waals surface area contributed by atoms with Crippen molar-refractivity contribution in [1.82, 2.24) is 5.32 Å². The number of nitrogens with one attached hydrogen (secondary N) is 3. The molecule has 5 nitrogen and oxygen atoms in total. The van der Waals surface area contributed by atoms with Crippen LogP contribution in [0.1, 0.15) is 33.0 Å². The third-order valence-electron chi connectivity index (χ3n) is 5.62. The molecule has 0 aliphatic carbocycles. The van der Waals surface area contributed by atoms with Gasteiger partial charge >= 0.3 is 6.18 Å². The molecule has 0 unspecified atom stereocenters. The van der Waals surface area contributed by atoms with Gasteiger partial charge in [0.05, 0.1) is 11.5 Å². The highest BCUT2D eigenvalue weighted by Crippen LogP contribution is 2.31. The lowest BCUT2D eigenvalue weighted by Gasteiger charge is -2.18. The Morgan fingerprint density at radius 1 is 0.684 bits per heavy atom. The van der Waals surface area contributed by atoms with Crippen LogP contribution in [0.2, 0.25) is 0 Å². The zero-order valence-corrected chi connectivity index (χ0v) is 20.6. The molecule has 0 fully saturated rings. The topological polar surface area (TPSA) is 70.2 Å². The number of rotatable bonds is 6. The maximum absolute atomic E-state index is 13.2. The van der Waals surface area contributed by atoms with Crippen LogP contribution in [0.3, 0.4) is 0 Å². The van der Waals surface area contributed by atoms with Crippen molar-refractivity contribution in [2.24, 2.45) is 0 Å². The molecule has 3 N–H and O–H groups in total. The highest BCUT2D eigenvalue weighted by Gasteiger charge is 2.30. The molecule has 0 saturated heterocycles. The summed E-state index contributed by atoms with van der Waals surface area (Å²) >= 11 is 5.33. The van der Waals surface area contributed by atoms with E-state index in [4.69, 9.17) is 12.2 Å². The highest BCUT2D eigenvalue weighted by atomic mass is 32.1. The van der Waals surface area contributed by atoms with E-state index in [-0.39, 0.29) is 22.3 Å². The summed E-state index contributed by atoms with van der Waals surface area (Å²) < 4.78 is 38.7. The summed E-state index contributed by atoms with van der Waals surface area (Å²) in [5, 5.41) is 8.17. The van der Waals surface area contributed by atoms with Crippen LogP contribution in [0.25, 0.3) is 0 Å². The van der Waals surface area contributed by atoms with Crippen LogP contribution in [0.15, 0.2) is 109 Å². The Labute approximate surface area is 222 Å². The number of amides is 2. The standard InChI is InChI=1S/C29H22F3N3O2S/c30-29(31,32)22-12-7-13-24(18-22)33-26(36)21-14-16-23(17-15-21)34-28(38)35-27(37)25(19-8-3-1-4-9-19)20-10-5-2-6-11-20/h1-18,25H,(H,33,36)(H2,34,35,37,38). The second-order valence-corrected chi connectivity index (χ2v) is 8.72. The van der Waals surface area contributed by atoms with Crippen molar-refractivity contribution in [2.75, 3.05) is 10.6 Å². The molecule has 192 valence electrons. The molecule has 0 heterocycles. The predicted molar refractivity (Wildman–Crippen MR) is 145 cm³/mol. The third-order valence-corrected chi connectivity index (χ3v) is 5.82. The minimum Gasteiger partial charge on any atom is -0.332 e. The average molecular weight is 534 g/mol. The normalized spacial score (nSPS) is 11.1. The Balaban J connectivity index is 1.39. The summed E-state index contributed by atoms with van der Waals surface area (Å²) in [7, 11) is 0. The fourth-order valence-corrected chi connectivity index (χ4v) is 4.03. The number of hydrogen-bond acceptors (Lipinski definition) is 3. The molecule has 0 saturated carbocycles. The van der Waals surface area contributed by atoms with Gasteiger partial charge in [-0.3, -0.25) is 9.59 Å². The summed E-state index contributed by atoms with van der Waals surface area (Å²) in [5.41, 5.74) is 1.55. The van der Waals surface area contributed by atoms with Gasteiger partial charge in [-0.1, -0.05) is 66.7 Å². The van der Waals surface area contributed by atoms with Gasteiger partial charge in [-0.25, -0.2) is 0 Å². The first-order valence-electron chi connectivity index (χ1n) is 11.5. The zero-order chi connectivity index (χ0) is 27.1. The first kappa shape index (κ1) is 26.6. The minimum absolute atomic E-state index is 0.0299. The van der Waals surface area contributed by atoms with Gasteiger partial charge in [0.1, 0.15) is 0 Å². The molecular weight excluding hydrogens is 511 g/mol. The number of thiocarbonyl (C=S) groups is 1. The fraction of sp³-hybridized carbons (Fsp3) is 0.0690. The van der Waals surface area contributed by atoms with Gasteiger partial charge in [-0.05, 0) is 65.8 Å². The molecule has 4 rings (SSSR count). The van der Waals surface area contributed by atoms with E-state index in [0.29, 0.717) is 5.69 Å². The summed E-state index contributed by atoms with van der Waals surface area (Å²) in [4.78, 5) is 25.7. The molecule has 0 aliphatic rings. The molecule has 4 aromatic rings. The van der Waals surface area contributed by atoms with Crippen molar-refractivity contribution in [3.8, 4) is 0 Å². The Morgan fingerprint density at radius 2 is 1.26 bits per heavy atom. The molecule has 0 atom stereocenters. The van der Waals surface area contributed by atoms with E-state index in [0.717, 1.165) is 23.3 Å². The predicted octanol–water partition coefficient (Wildman–Crippen LogP) is 6.60. The average Bonchev–Trinajstić information content (AvgIpc) is 2.90. The van der Waals surface area contributed by atoms with Crippen LogP contribution in [0.5, 0.6) is 0 Å². The van der Waals surface area contributed by atoms with Crippen LogP contribution < -0.4 is 16.0 Å². The Bertz CT molecular complexity index is 1390. The summed E-state index contributed by atoms with van der Waals surface area (Å²) in [5.74, 6) is -1.45. The second kappa shape index (κ2) is 11.7. The van der Waals surface area contributed by atoms with E-state index < -0.39 is 23.6 Å². The van der Waals surface area contributed by atoms with Crippen molar-refractivity contribution in [1.29, 1.82) is 0 Å². The molecule has 0 radical (unpaired) electrons. The molecule has 9 heteroatoms. The number of hydrogen-bond donors (Lipinski definition) is 3. The van der Waals surface area contributed by atoms with Crippen molar-refractivity contribution in [2.45, 2.75) is 12.1 Å². The number of anilines is 2. The highest BCUT2D eigenvalue weighted by molar-refractivity contribution is 7.80. The van der Waals surface area contributed by atoms with Gasteiger partial charge in [0, 0.05) is 16.9 Å². The van der Waals surface area contributed by atoms with Crippen LogP contribution in [-0.4, -0.2) is 16.9 Å². The van der Waals surface area contributed by atoms with Crippen molar-refractivity contribution < 1.29 is 22.8 Å². The molecular formula is C29H22F3N3O2S. The van der Waals surface area contributed by atoms with Gasteiger partial charge in [0.25, 0.3) is 5.91 Å². The quantitative estimate of drug-likeness (QED) is 0.244. The zero-order valence-electron chi connectivity index (χ0n) is 19.8. The fourth-order valence-electron chi connectivity index (χ4n) is 3.81. The van der Waals surface area contributed by atoms with Gasteiger partial charge in [-0.2, -0.15) is 13.2 Å². The number of alkyl halides is 3. The Morgan fingerprint density at radius 3 is 1.82 bits per heavy atom. The van der Waals surface area contributed by atoms with Crippen molar-refractivity contribution >= 4 is 40.5 Å². The molecule has 2 amide bonds. The van der Waals surface area contributed by atoms with Crippen molar-refractivity contribution in [3.05, 3.63) is 131 Å². The molecule has 0 bridgehead atoms. The Kier molecular flexibility index (Phi) is 8.18. The summed E-state index contributed by atoms with van der Waals surface area (Å²) in [6, 6.07) is 29.2. The van der Waals surface area contributed by atoms with E-state index in [1.54, 1.807) is 12.1 Å². The maximum Gasteiger partial charge on any atom is 0.416 e. The largest absolute Gasteiger partial charge is 0.416 e. The first-order chi connectivity index (χ1) is 18.2. The monoisotopic (exact) mass is 533 g/mol. The SMILES string of the molecule is O=C(Nc1cccc(C(F)(F)F)c1)c1ccc(NC(=S)NC(=O)C(c2ccccc2)c2ccccc2)cc1. The molecule has 0 aromatic heterocycles. The van der Waals surface area contributed by atoms with Crippen LogP contribution >= 0.6 is 12.2 Å². The van der Waals surface area contributed by atoms with Crippen LogP contribution in [0, 0.1) is 0 Å². The van der Waals surface area contributed by atoms with Gasteiger partial charge in [0.2, 0.25) is 5.91 Å².